The molecule has 0 bridgehead atoms. The molecule has 1 fully saturated rings. The van der Waals surface area contributed by atoms with Gasteiger partial charge in [-0.05, 0) is 42.5 Å². The van der Waals surface area contributed by atoms with Gasteiger partial charge in [-0.3, -0.25) is 4.79 Å². The molecule has 5 heteroatoms. The Kier molecular flexibility index (Phi) is 4.73. The van der Waals surface area contributed by atoms with Gasteiger partial charge in [0.15, 0.2) is 0 Å². The maximum absolute atomic E-state index is 12.7. The highest BCUT2D eigenvalue weighted by Crippen LogP contribution is 2.49. The number of hydrogen-bond acceptors (Lipinski definition) is 3. The molecule has 0 saturated heterocycles. The predicted octanol–water partition coefficient (Wildman–Crippen LogP) is 5.99. The van der Waals surface area contributed by atoms with Crippen LogP contribution in [-0.4, -0.2) is 5.91 Å². The van der Waals surface area contributed by atoms with E-state index in [0.29, 0.717) is 15.6 Å². The molecule has 1 aromatic heterocycles. The van der Waals surface area contributed by atoms with Crippen molar-refractivity contribution < 1.29 is 4.79 Å². The van der Waals surface area contributed by atoms with Crippen LogP contribution in [0.1, 0.15) is 28.3 Å². The fourth-order valence-electron chi connectivity index (χ4n) is 3.46. The Morgan fingerprint density at radius 2 is 1.89 bits per heavy atom. The van der Waals surface area contributed by atoms with Crippen molar-refractivity contribution >= 4 is 33.8 Å². The molecule has 134 valence electrons. The lowest BCUT2D eigenvalue weighted by molar-refractivity contribution is -0.117. The van der Waals surface area contributed by atoms with Gasteiger partial charge in [0.1, 0.15) is 11.1 Å². The summed E-state index contributed by atoms with van der Waals surface area (Å²) in [6.45, 7) is 1.98. The van der Waals surface area contributed by atoms with Gasteiger partial charge in [-0.1, -0.05) is 54.1 Å². The zero-order chi connectivity index (χ0) is 19.0. The smallest absolute Gasteiger partial charge is 0.228 e. The fraction of sp³-hybridized carbons (Fsp3) is 0.182. The highest BCUT2D eigenvalue weighted by Gasteiger charge is 2.44. The lowest BCUT2D eigenvalue weighted by atomic mass is 10.0. The van der Waals surface area contributed by atoms with Crippen LogP contribution >= 0.6 is 22.9 Å². The van der Waals surface area contributed by atoms with Gasteiger partial charge < -0.3 is 5.32 Å². The Labute approximate surface area is 167 Å². The van der Waals surface area contributed by atoms with E-state index in [1.165, 1.54) is 11.3 Å². The second-order valence-corrected chi connectivity index (χ2v) is 8.37. The normalized spacial score (nSPS) is 18.0. The van der Waals surface area contributed by atoms with Crippen LogP contribution in [0.25, 0.3) is 11.1 Å². The van der Waals surface area contributed by atoms with Crippen LogP contribution < -0.4 is 5.32 Å². The molecular weight excluding hydrogens is 376 g/mol. The summed E-state index contributed by atoms with van der Waals surface area (Å²) in [6, 6.07) is 19.8. The van der Waals surface area contributed by atoms with Gasteiger partial charge in [-0.25, -0.2) is 0 Å². The Morgan fingerprint density at radius 3 is 2.56 bits per heavy atom. The highest BCUT2D eigenvalue weighted by atomic mass is 35.5. The monoisotopic (exact) mass is 392 g/mol. The molecule has 2 atom stereocenters. The zero-order valence-corrected chi connectivity index (χ0v) is 16.3. The minimum atomic E-state index is -0.0553. The molecule has 3 nitrogen and oxygen atoms in total. The summed E-state index contributed by atoms with van der Waals surface area (Å²) < 4.78 is 0. The van der Waals surface area contributed by atoms with E-state index in [2.05, 4.69) is 11.4 Å². The molecule has 1 aliphatic rings. The Balaban J connectivity index is 1.54. The molecule has 1 heterocycles. The molecular formula is C22H17ClN2OS. The summed E-state index contributed by atoms with van der Waals surface area (Å²) in [7, 11) is 0. The molecule has 1 N–H and O–H groups in total. The number of aryl methyl sites for hydroxylation is 1. The molecule has 0 radical (unpaired) electrons. The molecule has 3 aromatic rings. The van der Waals surface area contributed by atoms with Crippen LogP contribution in [0, 0.1) is 24.2 Å². The van der Waals surface area contributed by atoms with Crippen LogP contribution in [-0.2, 0) is 4.79 Å². The van der Waals surface area contributed by atoms with Gasteiger partial charge >= 0.3 is 0 Å². The number of rotatable bonds is 4. The minimum absolute atomic E-state index is 0.0210. The quantitative estimate of drug-likeness (QED) is 0.592. The van der Waals surface area contributed by atoms with Gasteiger partial charge in [0.2, 0.25) is 5.91 Å². The van der Waals surface area contributed by atoms with Crippen molar-refractivity contribution in [3.63, 3.8) is 0 Å². The average Bonchev–Trinajstić information content (AvgIpc) is 3.41. The van der Waals surface area contributed by atoms with Gasteiger partial charge in [-0.15, -0.1) is 11.3 Å². The number of benzene rings is 2. The predicted molar refractivity (Wildman–Crippen MR) is 110 cm³/mol. The number of nitriles is 1. The van der Waals surface area contributed by atoms with E-state index in [-0.39, 0.29) is 17.7 Å². The van der Waals surface area contributed by atoms with E-state index in [1.807, 2.05) is 61.5 Å². The van der Waals surface area contributed by atoms with E-state index < -0.39 is 0 Å². The topological polar surface area (TPSA) is 52.9 Å². The average molecular weight is 393 g/mol. The first-order valence-electron chi connectivity index (χ1n) is 8.73. The second kappa shape index (κ2) is 7.19. The van der Waals surface area contributed by atoms with Crippen molar-refractivity contribution in [2.75, 3.05) is 5.32 Å². The summed E-state index contributed by atoms with van der Waals surface area (Å²) in [5, 5.41) is 14.0. The van der Waals surface area contributed by atoms with Gasteiger partial charge in [-0.2, -0.15) is 5.26 Å². The first-order chi connectivity index (χ1) is 13.1. The number of amides is 1. The van der Waals surface area contributed by atoms with Crippen molar-refractivity contribution in [1.29, 1.82) is 5.26 Å². The van der Waals surface area contributed by atoms with Crippen LogP contribution in [0.5, 0.6) is 0 Å². The van der Waals surface area contributed by atoms with Crippen LogP contribution in [0.4, 0.5) is 5.00 Å². The first kappa shape index (κ1) is 17.8. The summed E-state index contributed by atoms with van der Waals surface area (Å²) in [5.74, 6) is 0.148. The standard InChI is InChI=1S/C22H17ClN2OS/c1-13-20(15-5-3-2-4-6-15)19(12-24)22(27-13)25-21(26)18-11-17(18)14-7-9-16(23)10-8-14/h2-10,17-18H,11H2,1H3,(H,25,26). The number of hydrogen-bond donors (Lipinski definition) is 1. The Hall–Kier alpha value is -2.61. The number of anilines is 1. The van der Waals surface area contributed by atoms with E-state index in [9.17, 15) is 10.1 Å². The summed E-state index contributed by atoms with van der Waals surface area (Å²) >= 11 is 7.40. The maximum atomic E-state index is 12.7. The first-order valence-corrected chi connectivity index (χ1v) is 9.93. The number of nitrogens with one attached hydrogen (secondary N) is 1. The van der Waals surface area contributed by atoms with Crippen LogP contribution in [0.2, 0.25) is 5.02 Å². The van der Waals surface area contributed by atoms with Gasteiger partial charge in [0, 0.05) is 21.4 Å². The third-order valence-corrected chi connectivity index (χ3v) is 6.19. The van der Waals surface area contributed by atoms with Gasteiger partial charge in [0.05, 0.1) is 5.56 Å². The molecule has 1 amide bonds. The van der Waals surface area contributed by atoms with Crippen molar-refractivity contribution in [2.45, 2.75) is 19.3 Å². The summed E-state index contributed by atoms with van der Waals surface area (Å²) in [5.41, 5.74) is 3.57. The number of carbonyl (C=O) groups is 1. The molecule has 1 saturated carbocycles. The highest BCUT2D eigenvalue weighted by molar-refractivity contribution is 7.17. The van der Waals surface area contributed by atoms with Crippen LogP contribution in [0.3, 0.4) is 0 Å². The van der Waals surface area contributed by atoms with E-state index in [4.69, 9.17) is 11.6 Å². The number of halogens is 1. The molecule has 1 aliphatic carbocycles. The number of carbonyl (C=O) groups excluding carboxylic acids is 1. The third-order valence-electron chi connectivity index (χ3n) is 4.92. The fourth-order valence-corrected chi connectivity index (χ4v) is 4.62. The van der Waals surface area contributed by atoms with Crippen molar-refractivity contribution in [3.8, 4) is 17.2 Å². The molecule has 2 aromatic carbocycles. The molecule has 4 rings (SSSR count). The van der Waals surface area contributed by atoms with Crippen molar-refractivity contribution in [2.24, 2.45) is 5.92 Å². The van der Waals surface area contributed by atoms with Crippen molar-refractivity contribution in [3.05, 3.63) is 75.6 Å². The molecule has 27 heavy (non-hydrogen) atoms. The van der Waals surface area contributed by atoms with Crippen molar-refractivity contribution in [1.82, 2.24) is 0 Å². The van der Waals surface area contributed by atoms with E-state index >= 15 is 0 Å². The molecule has 0 spiro atoms. The SMILES string of the molecule is Cc1sc(NC(=O)C2CC2c2ccc(Cl)cc2)c(C#N)c1-c1ccccc1. The van der Waals surface area contributed by atoms with Gasteiger partial charge in [0.25, 0.3) is 0 Å². The lowest BCUT2D eigenvalue weighted by Crippen LogP contribution is -2.14. The third kappa shape index (κ3) is 3.49. The molecule has 2 unspecified atom stereocenters. The lowest BCUT2D eigenvalue weighted by Gasteiger charge is -2.05. The largest absolute Gasteiger partial charge is 0.316 e. The Bertz CT molecular complexity index is 1030. The number of thiophene rings is 1. The van der Waals surface area contributed by atoms with E-state index in [0.717, 1.165) is 28.0 Å². The Morgan fingerprint density at radius 1 is 1.19 bits per heavy atom. The molecule has 0 aliphatic heterocycles. The number of nitrogens with zero attached hydrogens (tertiary/aromatic N) is 1. The summed E-state index contributed by atoms with van der Waals surface area (Å²) in [4.78, 5) is 13.7. The zero-order valence-electron chi connectivity index (χ0n) is 14.7. The second-order valence-electron chi connectivity index (χ2n) is 6.70. The van der Waals surface area contributed by atoms with E-state index in [1.54, 1.807) is 0 Å². The minimum Gasteiger partial charge on any atom is -0.316 e. The summed E-state index contributed by atoms with van der Waals surface area (Å²) in [6.07, 6.45) is 0.825. The van der Waals surface area contributed by atoms with Crippen LogP contribution in [0.15, 0.2) is 54.6 Å². The maximum Gasteiger partial charge on any atom is 0.228 e.